The number of hydrogen-bond acceptors (Lipinski definition) is 7. The number of anilines is 1. The molecule has 1 aromatic carbocycles. The summed E-state index contributed by atoms with van der Waals surface area (Å²) < 4.78 is 43.9. The molecular formula is C20H20F3N5OS. The fourth-order valence-electron chi connectivity index (χ4n) is 3.22. The van der Waals surface area contributed by atoms with E-state index in [1.54, 1.807) is 0 Å². The first-order valence-electron chi connectivity index (χ1n) is 9.58. The Morgan fingerprint density at radius 3 is 2.73 bits per heavy atom. The first-order chi connectivity index (χ1) is 14.4. The Bertz CT molecular complexity index is 1000. The second kappa shape index (κ2) is 8.63. The molecule has 0 atom stereocenters. The van der Waals surface area contributed by atoms with Crippen molar-refractivity contribution in [3.63, 3.8) is 0 Å². The van der Waals surface area contributed by atoms with Gasteiger partial charge in [-0.05, 0) is 30.9 Å². The molecule has 0 spiro atoms. The van der Waals surface area contributed by atoms with Crippen LogP contribution in [0.2, 0.25) is 0 Å². The molecule has 3 aromatic rings. The summed E-state index contributed by atoms with van der Waals surface area (Å²) in [6.07, 6.45) is -0.591. The summed E-state index contributed by atoms with van der Waals surface area (Å²) in [7, 11) is 0. The van der Waals surface area contributed by atoms with Crippen LogP contribution in [0, 0.1) is 5.92 Å². The third-order valence-electron chi connectivity index (χ3n) is 4.99. The van der Waals surface area contributed by atoms with Crippen LogP contribution in [0.5, 0.6) is 0 Å². The third-order valence-corrected chi connectivity index (χ3v) is 5.91. The zero-order valence-corrected chi connectivity index (χ0v) is 17.1. The molecule has 1 saturated heterocycles. The zero-order valence-electron chi connectivity index (χ0n) is 16.3. The van der Waals surface area contributed by atoms with E-state index in [9.17, 15) is 13.2 Å². The van der Waals surface area contributed by atoms with Gasteiger partial charge in [0.1, 0.15) is 17.2 Å². The summed E-state index contributed by atoms with van der Waals surface area (Å²) in [6, 6.07) is 6.80. The van der Waals surface area contributed by atoms with E-state index in [2.05, 4.69) is 31.9 Å². The average molecular weight is 435 g/mol. The number of rotatable bonds is 5. The van der Waals surface area contributed by atoms with Gasteiger partial charge in [0.15, 0.2) is 0 Å². The second-order valence-electron chi connectivity index (χ2n) is 7.26. The van der Waals surface area contributed by atoms with Crippen LogP contribution in [-0.4, -0.2) is 33.2 Å². The quantitative estimate of drug-likeness (QED) is 0.409. The molecule has 1 aliphatic rings. The van der Waals surface area contributed by atoms with Gasteiger partial charge < -0.3 is 9.42 Å². The molecule has 0 bridgehead atoms. The molecule has 4 rings (SSSR count). The van der Waals surface area contributed by atoms with E-state index in [4.69, 9.17) is 4.52 Å². The number of thioether (sulfide) groups is 1. The molecule has 0 saturated carbocycles. The van der Waals surface area contributed by atoms with Gasteiger partial charge in [0.2, 0.25) is 11.7 Å². The van der Waals surface area contributed by atoms with Crippen molar-refractivity contribution in [1.82, 2.24) is 20.1 Å². The van der Waals surface area contributed by atoms with Gasteiger partial charge in [0, 0.05) is 24.7 Å². The third kappa shape index (κ3) is 4.92. The van der Waals surface area contributed by atoms with Gasteiger partial charge in [-0.3, -0.25) is 0 Å². The Kier molecular flexibility index (Phi) is 5.94. The molecule has 0 aliphatic carbocycles. The molecule has 2 aromatic heterocycles. The minimum atomic E-state index is -4.42. The van der Waals surface area contributed by atoms with Gasteiger partial charge in [-0.2, -0.15) is 18.2 Å². The highest BCUT2D eigenvalue weighted by atomic mass is 32.2. The molecular weight excluding hydrogens is 415 g/mol. The van der Waals surface area contributed by atoms with Crippen LogP contribution in [0.3, 0.4) is 0 Å². The highest BCUT2D eigenvalue weighted by Gasteiger charge is 2.30. The van der Waals surface area contributed by atoms with E-state index in [1.807, 2.05) is 6.07 Å². The number of aromatic nitrogens is 4. The maximum Gasteiger partial charge on any atom is 0.416 e. The first kappa shape index (κ1) is 20.6. The Balaban J connectivity index is 1.41. The van der Waals surface area contributed by atoms with Crippen molar-refractivity contribution in [2.45, 2.75) is 36.7 Å². The van der Waals surface area contributed by atoms with Gasteiger partial charge in [0.25, 0.3) is 0 Å². The number of benzene rings is 1. The lowest BCUT2D eigenvalue weighted by Crippen LogP contribution is -2.33. The van der Waals surface area contributed by atoms with E-state index < -0.39 is 11.7 Å². The Morgan fingerprint density at radius 1 is 1.17 bits per heavy atom. The van der Waals surface area contributed by atoms with E-state index >= 15 is 0 Å². The molecule has 158 valence electrons. The van der Waals surface area contributed by atoms with Crippen LogP contribution < -0.4 is 4.90 Å². The van der Waals surface area contributed by atoms with Crippen molar-refractivity contribution >= 4 is 17.6 Å². The van der Waals surface area contributed by atoms with Crippen molar-refractivity contribution in [3.8, 4) is 11.4 Å². The first-order valence-corrected chi connectivity index (χ1v) is 10.6. The Labute approximate surface area is 175 Å². The van der Waals surface area contributed by atoms with Gasteiger partial charge in [-0.15, -0.1) is 0 Å². The molecule has 1 fully saturated rings. The molecule has 6 nitrogen and oxygen atoms in total. The molecule has 0 radical (unpaired) electrons. The van der Waals surface area contributed by atoms with Gasteiger partial charge >= 0.3 is 6.18 Å². The lowest BCUT2D eigenvalue weighted by molar-refractivity contribution is -0.137. The minimum Gasteiger partial charge on any atom is -0.356 e. The average Bonchev–Trinajstić information content (AvgIpc) is 3.22. The van der Waals surface area contributed by atoms with Crippen molar-refractivity contribution in [1.29, 1.82) is 0 Å². The highest BCUT2D eigenvalue weighted by Crippen LogP contribution is 2.32. The van der Waals surface area contributed by atoms with E-state index in [-0.39, 0.29) is 11.4 Å². The summed E-state index contributed by atoms with van der Waals surface area (Å²) >= 11 is 1.41. The largest absolute Gasteiger partial charge is 0.416 e. The molecule has 10 heteroatoms. The monoisotopic (exact) mass is 435 g/mol. The maximum absolute atomic E-state index is 12.9. The molecule has 30 heavy (non-hydrogen) atoms. The molecule has 0 amide bonds. The second-order valence-corrected chi connectivity index (χ2v) is 8.26. The number of nitrogens with zero attached hydrogens (tertiary/aromatic N) is 5. The van der Waals surface area contributed by atoms with Crippen LogP contribution in [0.15, 0.2) is 46.2 Å². The van der Waals surface area contributed by atoms with Gasteiger partial charge in [-0.1, -0.05) is 36.0 Å². The van der Waals surface area contributed by atoms with Crippen LogP contribution >= 0.6 is 11.8 Å². The van der Waals surface area contributed by atoms with Crippen LogP contribution in [-0.2, 0) is 11.9 Å². The number of halogens is 3. The number of alkyl halides is 3. The van der Waals surface area contributed by atoms with Crippen LogP contribution in [0.4, 0.5) is 19.0 Å². The highest BCUT2D eigenvalue weighted by molar-refractivity contribution is 7.98. The maximum atomic E-state index is 12.9. The number of piperidine rings is 1. The van der Waals surface area contributed by atoms with Crippen molar-refractivity contribution in [2.75, 3.05) is 18.0 Å². The van der Waals surface area contributed by atoms with E-state index in [0.717, 1.165) is 54.8 Å². The van der Waals surface area contributed by atoms with Crippen molar-refractivity contribution in [2.24, 2.45) is 5.92 Å². The predicted octanol–water partition coefficient (Wildman–Crippen LogP) is 5.07. The number of hydrogen-bond donors (Lipinski definition) is 0. The van der Waals surface area contributed by atoms with Crippen LogP contribution in [0.1, 0.15) is 31.2 Å². The zero-order chi connectivity index (χ0) is 21.1. The Hall–Kier alpha value is -2.62. The standard InChI is InChI=1S/C20H20F3N5OS/c1-13-5-7-28(8-6-13)16-10-18(25-12-24-16)30-11-17-26-19(27-29-17)14-3-2-4-15(9-14)20(21,22)23/h2-4,9-10,12-13H,5-8,11H2,1H3. The summed E-state index contributed by atoms with van der Waals surface area (Å²) in [5.74, 6) is 2.44. The SMILES string of the molecule is CC1CCN(c2cc(SCc3nc(-c4cccc(C(F)(F)F)c4)no3)ncn2)CC1. The fourth-order valence-corrected chi connectivity index (χ4v) is 3.92. The normalized spacial score (nSPS) is 15.5. The smallest absolute Gasteiger partial charge is 0.356 e. The molecule has 0 unspecified atom stereocenters. The summed E-state index contributed by atoms with van der Waals surface area (Å²) in [5, 5.41) is 4.59. The lowest BCUT2D eigenvalue weighted by Gasteiger charge is -2.31. The fraction of sp³-hybridized carbons (Fsp3) is 0.400. The predicted molar refractivity (Wildman–Crippen MR) is 107 cm³/mol. The van der Waals surface area contributed by atoms with Gasteiger partial charge in [0.05, 0.1) is 11.3 Å². The van der Waals surface area contributed by atoms with E-state index in [0.29, 0.717) is 11.6 Å². The molecule has 3 heterocycles. The summed E-state index contributed by atoms with van der Waals surface area (Å²) in [5.41, 5.74) is -0.491. The molecule has 1 aliphatic heterocycles. The van der Waals surface area contributed by atoms with Crippen LogP contribution in [0.25, 0.3) is 11.4 Å². The lowest BCUT2D eigenvalue weighted by atomic mass is 9.99. The minimum absolute atomic E-state index is 0.127. The van der Waals surface area contributed by atoms with E-state index in [1.165, 1.54) is 30.2 Å². The summed E-state index contributed by atoms with van der Waals surface area (Å²) in [6.45, 7) is 4.22. The van der Waals surface area contributed by atoms with Crippen molar-refractivity contribution in [3.05, 3.63) is 48.1 Å². The topological polar surface area (TPSA) is 67.9 Å². The summed E-state index contributed by atoms with van der Waals surface area (Å²) in [4.78, 5) is 15.1. The Morgan fingerprint density at radius 2 is 1.97 bits per heavy atom. The molecule has 0 N–H and O–H groups in total. The van der Waals surface area contributed by atoms with Crippen molar-refractivity contribution < 1.29 is 17.7 Å². The van der Waals surface area contributed by atoms with Gasteiger partial charge in [-0.25, -0.2) is 9.97 Å².